The second-order valence-corrected chi connectivity index (χ2v) is 6.47. The highest BCUT2D eigenvalue weighted by Gasteiger charge is 2.32. The SMILES string of the molecule is Cl.O=C(NC1CCN(C2CC2)CC1)c1n[nH]c2c1CNCC2. The number of carbonyl (C=O) groups is 1. The molecule has 4 rings (SSSR count). The summed E-state index contributed by atoms with van der Waals surface area (Å²) in [6.45, 7) is 3.94. The number of halogens is 1. The Hall–Kier alpha value is -1.11. The van der Waals surface area contributed by atoms with Crippen molar-refractivity contribution in [1.29, 1.82) is 0 Å². The molecule has 1 saturated carbocycles. The van der Waals surface area contributed by atoms with E-state index in [2.05, 4.69) is 25.7 Å². The van der Waals surface area contributed by atoms with Crippen molar-refractivity contribution in [2.24, 2.45) is 0 Å². The number of nitrogens with zero attached hydrogens (tertiary/aromatic N) is 2. The van der Waals surface area contributed by atoms with Gasteiger partial charge in [0.25, 0.3) is 5.91 Å². The molecule has 3 heterocycles. The van der Waals surface area contributed by atoms with Gasteiger partial charge in [0.1, 0.15) is 0 Å². The summed E-state index contributed by atoms with van der Waals surface area (Å²) in [6.07, 6.45) is 5.78. The van der Waals surface area contributed by atoms with Gasteiger partial charge >= 0.3 is 0 Å². The molecule has 2 aliphatic heterocycles. The molecule has 7 heteroatoms. The molecule has 0 aromatic carbocycles. The average molecular weight is 326 g/mol. The van der Waals surface area contributed by atoms with Gasteiger partial charge in [0.2, 0.25) is 0 Å². The summed E-state index contributed by atoms with van der Waals surface area (Å²) in [7, 11) is 0. The highest BCUT2D eigenvalue weighted by molar-refractivity contribution is 5.94. The van der Waals surface area contributed by atoms with Crippen molar-refractivity contribution in [3.05, 3.63) is 17.0 Å². The van der Waals surface area contributed by atoms with Crippen LogP contribution < -0.4 is 10.6 Å². The number of aromatic nitrogens is 2. The Morgan fingerprint density at radius 1 is 1.23 bits per heavy atom. The number of amides is 1. The highest BCUT2D eigenvalue weighted by Crippen LogP contribution is 2.29. The average Bonchev–Trinajstić information content (AvgIpc) is 3.27. The summed E-state index contributed by atoms with van der Waals surface area (Å²) in [5.74, 6) is -0.0129. The fourth-order valence-electron chi connectivity index (χ4n) is 3.52. The van der Waals surface area contributed by atoms with Crippen LogP contribution in [0.1, 0.15) is 47.4 Å². The summed E-state index contributed by atoms with van der Waals surface area (Å²) in [5.41, 5.74) is 2.75. The van der Waals surface area contributed by atoms with Gasteiger partial charge in [-0.3, -0.25) is 9.89 Å². The molecule has 6 nitrogen and oxygen atoms in total. The molecule has 22 heavy (non-hydrogen) atoms. The lowest BCUT2D eigenvalue weighted by Gasteiger charge is -2.32. The van der Waals surface area contributed by atoms with E-state index in [1.54, 1.807) is 0 Å². The molecular weight excluding hydrogens is 302 g/mol. The smallest absolute Gasteiger partial charge is 0.272 e. The first-order chi connectivity index (χ1) is 10.3. The lowest BCUT2D eigenvalue weighted by Crippen LogP contribution is -2.45. The molecule has 1 aromatic rings. The van der Waals surface area contributed by atoms with Crippen molar-refractivity contribution in [3.8, 4) is 0 Å². The molecule has 1 amide bonds. The maximum atomic E-state index is 12.4. The maximum Gasteiger partial charge on any atom is 0.272 e. The van der Waals surface area contributed by atoms with Gasteiger partial charge in [-0.1, -0.05) is 0 Å². The molecular formula is C15H24ClN5O. The highest BCUT2D eigenvalue weighted by atomic mass is 35.5. The minimum atomic E-state index is -0.0129. The van der Waals surface area contributed by atoms with Gasteiger partial charge in [0.05, 0.1) is 0 Å². The zero-order chi connectivity index (χ0) is 14.2. The molecule has 0 radical (unpaired) electrons. The number of carbonyl (C=O) groups excluding carboxylic acids is 1. The van der Waals surface area contributed by atoms with E-state index >= 15 is 0 Å². The Morgan fingerprint density at radius 3 is 2.73 bits per heavy atom. The van der Waals surface area contributed by atoms with Gasteiger partial charge in [-0.05, 0) is 25.7 Å². The van der Waals surface area contributed by atoms with Crippen LogP contribution in [0.15, 0.2) is 0 Å². The van der Waals surface area contributed by atoms with E-state index in [0.29, 0.717) is 11.7 Å². The number of aromatic amines is 1. The minimum absolute atomic E-state index is 0. The first-order valence-corrected chi connectivity index (χ1v) is 8.13. The summed E-state index contributed by atoms with van der Waals surface area (Å²) in [6, 6.07) is 1.14. The molecule has 122 valence electrons. The quantitative estimate of drug-likeness (QED) is 0.770. The van der Waals surface area contributed by atoms with Crippen LogP contribution in [0.5, 0.6) is 0 Å². The minimum Gasteiger partial charge on any atom is -0.348 e. The lowest BCUT2D eigenvalue weighted by molar-refractivity contribution is 0.0903. The molecule has 1 saturated heterocycles. The van der Waals surface area contributed by atoms with Crippen molar-refractivity contribution >= 4 is 18.3 Å². The molecule has 3 aliphatic rings. The largest absolute Gasteiger partial charge is 0.348 e. The molecule has 1 aromatic heterocycles. The van der Waals surface area contributed by atoms with E-state index < -0.39 is 0 Å². The molecule has 0 unspecified atom stereocenters. The number of piperidine rings is 1. The van der Waals surface area contributed by atoms with Crippen LogP contribution in [-0.2, 0) is 13.0 Å². The fourth-order valence-corrected chi connectivity index (χ4v) is 3.52. The number of hydrogen-bond donors (Lipinski definition) is 3. The van der Waals surface area contributed by atoms with Crippen molar-refractivity contribution in [2.45, 2.75) is 50.7 Å². The lowest BCUT2D eigenvalue weighted by atomic mass is 10.0. The molecule has 1 aliphatic carbocycles. The molecule has 0 bridgehead atoms. The number of fused-ring (bicyclic) bond motifs is 1. The Balaban J connectivity index is 0.00000144. The van der Waals surface area contributed by atoms with E-state index in [-0.39, 0.29) is 18.3 Å². The molecule has 0 spiro atoms. The first-order valence-electron chi connectivity index (χ1n) is 8.13. The van der Waals surface area contributed by atoms with E-state index in [0.717, 1.165) is 62.7 Å². The predicted octanol–water partition coefficient (Wildman–Crippen LogP) is 0.834. The van der Waals surface area contributed by atoms with Crippen LogP contribution in [0, 0.1) is 0 Å². The number of H-pyrrole nitrogens is 1. The Labute approximate surface area is 136 Å². The number of likely N-dealkylation sites (tertiary alicyclic amines) is 1. The van der Waals surface area contributed by atoms with Crippen LogP contribution in [0.25, 0.3) is 0 Å². The second kappa shape index (κ2) is 6.56. The third-order valence-corrected chi connectivity index (χ3v) is 4.95. The topological polar surface area (TPSA) is 73.0 Å². The van der Waals surface area contributed by atoms with Crippen LogP contribution >= 0.6 is 12.4 Å². The van der Waals surface area contributed by atoms with E-state index in [1.165, 1.54) is 12.8 Å². The standard InChI is InChI=1S/C15H23N5O.ClH/c21-15(14-12-9-16-6-3-13(12)18-19-14)17-10-4-7-20(8-5-10)11-1-2-11;/h10-11,16H,1-9H2,(H,17,21)(H,18,19);1H. The van der Waals surface area contributed by atoms with Crippen molar-refractivity contribution in [1.82, 2.24) is 25.7 Å². The van der Waals surface area contributed by atoms with Gasteiger partial charge in [-0.15, -0.1) is 12.4 Å². The third-order valence-electron chi connectivity index (χ3n) is 4.95. The predicted molar refractivity (Wildman–Crippen MR) is 86.3 cm³/mol. The Morgan fingerprint density at radius 2 is 2.00 bits per heavy atom. The zero-order valence-corrected chi connectivity index (χ0v) is 13.5. The van der Waals surface area contributed by atoms with Crippen molar-refractivity contribution in [3.63, 3.8) is 0 Å². The monoisotopic (exact) mass is 325 g/mol. The number of nitrogens with one attached hydrogen (secondary N) is 3. The van der Waals surface area contributed by atoms with E-state index in [1.807, 2.05) is 0 Å². The fraction of sp³-hybridized carbons (Fsp3) is 0.733. The van der Waals surface area contributed by atoms with Gasteiger partial charge in [0.15, 0.2) is 5.69 Å². The molecule has 3 N–H and O–H groups in total. The van der Waals surface area contributed by atoms with Gasteiger partial charge in [-0.25, -0.2) is 0 Å². The molecule has 2 fully saturated rings. The summed E-state index contributed by atoms with van der Waals surface area (Å²) in [5, 5.41) is 13.7. The van der Waals surface area contributed by atoms with Crippen LogP contribution in [0.4, 0.5) is 0 Å². The van der Waals surface area contributed by atoms with E-state index in [4.69, 9.17) is 0 Å². The van der Waals surface area contributed by atoms with Gasteiger partial charge < -0.3 is 15.5 Å². The van der Waals surface area contributed by atoms with Gasteiger partial charge in [0, 0.05) is 55.9 Å². The Kier molecular flexibility index (Phi) is 4.70. The summed E-state index contributed by atoms with van der Waals surface area (Å²) < 4.78 is 0. The zero-order valence-electron chi connectivity index (χ0n) is 12.7. The van der Waals surface area contributed by atoms with Crippen LogP contribution in [-0.4, -0.2) is 52.7 Å². The summed E-state index contributed by atoms with van der Waals surface area (Å²) >= 11 is 0. The van der Waals surface area contributed by atoms with Gasteiger partial charge in [-0.2, -0.15) is 5.10 Å². The Bertz CT molecular complexity index is 534. The third kappa shape index (κ3) is 3.14. The van der Waals surface area contributed by atoms with Crippen LogP contribution in [0.3, 0.4) is 0 Å². The number of rotatable bonds is 3. The van der Waals surface area contributed by atoms with Crippen molar-refractivity contribution in [2.75, 3.05) is 19.6 Å². The number of hydrogen-bond acceptors (Lipinski definition) is 4. The second-order valence-electron chi connectivity index (χ2n) is 6.47. The summed E-state index contributed by atoms with van der Waals surface area (Å²) in [4.78, 5) is 15.0. The van der Waals surface area contributed by atoms with Crippen molar-refractivity contribution < 1.29 is 4.79 Å². The normalized spacial score (nSPS) is 22.7. The maximum absolute atomic E-state index is 12.4. The molecule has 0 atom stereocenters. The van der Waals surface area contributed by atoms with E-state index in [9.17, 15) is 4.79 Å². The van der Waals surface area contributed by atoms with Crippen LogP contribution in [0.2, 0.25) is 0 Å². The first kappa shape index (κ1) is 15.8.